The molecule has 1 atom stereocenters. The lowest BCUT2D eigenvalue weighted by atomic mass is 10.1. The number of rotatable bonds is 5. The molecule has 20 heavy (non-hydrogen) atoms. The van der Waals surface area contributed by atoms with Crippen LogP contribution in [-0.4, -0.2) is 49.1 Å². The minimum absolute atomic E-state index is 0.231. The molecule has 0 bridgehead atoms. The summed E-state index contributed by atoms with van der Waals surface area (Å²) in [7, 11) is 0. The van der Waals surface area contributed by atoms with Crippen molar-refractivity contribution in [3.8, 4) is 0 Å². The minimum Gasteiger partial charge on any atom is -0.352 e. The van der Waals surface area contributed by atoms with E-state index in [1.54, 1.807) is 0 Å². The SMILES string of the molecule is CCNC1CCCN(CC(=O)NC2CCCCCC2)C1. The van der Waals surface area contributed by atoms with Crippen molar-refractivity contribution in [2.45, 2.75) is 70.4 Å². The standard InChI is InChI=1S/C16H31N3O/c1-2-17-15-10-7-11-19(12-15)13-16(20)18-14-8-5-3-4-6-9-14/h14-15,17H,2-13H2,1H3,(H,18,20). The molecule has 2 fully saturated rings. The van der Waals surface area contributed by atoms with Crippen molar-refractivity contribution in [2.24, 2.45) is 0 Å². The fourth-order valence-electron chi connectivity index (χ4n) is 3.55. The first-order valence-corrected chi connectivity index (χ1v) is 8.53. The number of likely N-dealkylation sites (N-methyl/N-ethyl adjacent to an activating group) is 1. The van der Waals surface area contributed by atoms with Gasteiger partial charge in [-0.05, 0) is 38.8 Å². The van der Waals surface area contributed by atoms with Gasteiger partial charge in [0, 0.05) is 18.6 Å². The van der Waals surface area contributed by atoms with Crippen LogP contribution < -0.4 is 10.6 Å². The maximum absolute atomic E-state index is 12.2. The maximum Gasteiger partial charge on any atom is 0.234 e. The van der Waals surface area contributed by atoms with Crippen molar-refractivity contribution in [1.82, 2.24) is 15.5 Å². The molecule has 2 N–H and O–H groups in total. The molecule has 0 aromatic carbocycles. The lowest BCUT2D eigenvalue weighted by Gasteiger charge is -2.33. The number of likely N-dealkylation sites (tertiary alicyclic amines) is 1. The molecule has 1 aliphatic carbocycles. The predicted molar refractivity (Wildman–Crippen MR) is 82.8 cm³/mol. The second-order valence-corrected chi connectivity index (χ2v) is 6.39. The van der Waals surface area contributed by atoms with E-state index in [1.807, 2.05) is 0 Å². The van der Waals surface area contributed by atoms with E-state index < -0.39 is 0 Å². The Bertz CT molecular complexity index is 285. The fraction of sp³-hybridized carbons (Fsp3) is 0.938. The van der Waals surface area contributed by atoms with Crippen molar-refractivity contribution < 1.29 is 4.79 Å². The quantitative estimate of drug-likeness (QED) is 0.757. The van der Waals surface area contributed by atoms with Gasteiger partial charge < -0.3 is 10.6 Å². The van der Waals surface area contributed by atoms with Crippen LogP contribution in [0, 0.1) is 0 Å². The number of amides is 1. The van der Waals surface area contributed by atoms with Gasteiger partial charge in [-0.1, -0.05) is 32.6 Å². The van der Waals surface area contributed by atoms with E-state index in [2.05, 4.69) is 22.5 Å². The Morgan fingerprint density at radius 1 is 1.05 bits per heavy atom. The first-order valence-electron chi connectivity index (χ1n) is 8.53. The van der Waals surface area contributed by atoms with Crippen LogP contribution in [0.4, 0.5) is 0 Å². The molecule has 2 rings (SSSR count). The lowest BCUT2D eigenvalue weighted by Crippen LogP contribution is -2.49. The van der Waals surface area contributed by atoms with Crippen LogP contribution in [0.1, 0.15) is 58.3 Å². The largest absolute Gasteiger partial charge is 0.352 e. The molecule has 1 unspecified atom stereocenters. The summed E-state index contributed by atoms with van der Waals surface area (Å²) in [6, 6.07) is 0.999. The van der Waals surface area contributed by atoms with Crippen molar-refractivity contribution in [1.29, 1.82) is 0 Å². The monoisotopic (exact) mass is 281 g/mol. The predicted octanol–water partition coefficient (Wildman–Crippen LogP) is 1.90. The Kier molecular flexibility index (Phi) is 6.80. The minimum atomic E-state index is 0.231. The van der Waals surface area contributed by atoms with Gasteiger partial charge in [0.2, 0.25) is 5.91 Å². The second-order valence-electron chi connectivity index (χ2n) is 6.39. The lowest BCUT2D eigenvalue weighted by molar-refractivity contribution is -0.123. The summed E-state index contributed by atoms with van der Waals surface area (Å²) in [6.07, 6.45) is 10.0. The number of hydrogen-bond donors (Lipinski definition) is 2. The van der Waals surface area contributed by atoms with Gasteiger partial charge in [0.05, 0.1) is 6.54 Å². The number of carbonyl (C=O) groups excluding carboxylic acids is 1. The zero-order valence-electron chi connectivity index (χ0n) is 13.0. The molecule has 1 saturated heterocycles. The molecular weight excluding hydrogens is 250 g/mol. The Balaban J connectivity index is 1.70. The summed E-state index contributed by atoms with van der Waals surface area (Å²) in [5.74, 6) is 0.231. The van der Waals surface area contributed by atoms with Crippen LogP contribution in [0.15, 0.2) is 0 Å². The van der Waals surface area contributed by atoms with Crippen molar-refractivity contribution in [2.75, 3.05) is 26.2 Å². The number of carbonyl (C=O) groups is 1. The van der Waals surface area contributed by atoms with E-state index in [9.17, 15) is 4.79 Å². The van der Waals surface area contributed by atoms with Crippen LogP contribution in [0.2, 0.25) is 0 Å². The van der Waals surface area contributed by atoms with Gasteiger partial charge in [-0.3, -0.25) is 9.69 Å². The topological polar surface area (TPSA) is 44.4 Å². The van der Waals surface area contributed by atoms with E-state index in [0.29, 0.717) is 18.6 Å². The van der Waals surface area contributed by atoms with Crippen LogP contribution in [-0.2, 0) is 4.79 Å². The van der Waals surface area contributed by atoms with E-state index in [1.165, 1.54) is 51.4 Å². The maximum atomic E-state index is 12.2. The van der Waals surface area contributed by atoms with Gasteiger partial charge >= 0.3 is 0 Å². The number of nitrogens with zero attached hydrogens (tertiary/aromatic N) is 1. The number of piperidine rings is 1. The molecule has 1 saturated carbocycles. The van der Waals surface area contributed by atoms with Crippen molar-refractivity contribution in [3.05, 3.63) is 0 Å². The van der Waals surface area contributed by atoms with E-state index in [-0.39, 0.29) is 5.91 Å². The van der Waals surface area contributed by atoms with Gasteiger partial charge in [0.15, 0.2) is 0 Å². The molecule has 0 spiro atoms. The third-order valence-corrected chi connectivity index (χ3v) is 4.59. The smallest absolute Gasteiger partial charge is 0.234 e. The summed E-state index contributed by atoms with van der Waals surface area (Å²) in [5.41, 5.74) is 0. The average molecular weight is 281 g/mol. The Morgan fingerprint density at radius 3 is 2.45 bits per heavy atom. The second kappa shape index (κ2) is 8.63. The first kappa shape index (κ1) is 15.8. The molecule has 2 aliphatic rings. The summed E-state index contributed by atoms with van der Waals surface area (Å²) >= 11 is 0. The molecule has 1 heterocycles. The zero-order valence-corrected chi connectivity index (χ0v) is 13.0. The van der Waals surface area contributed by atoms with Crippen molar-refractivity contribution >= 4 is 5.91 Å². The molecule has 0 radical (unpaired) electrons. The fourth-order valence-corrected chi connectivity index (χ4v) is 3.55. The average Bonchev–Trinajstić information content (AvgIpc) is 2.68. The van der Waals surface area contributed by atoms with Gasteiger partial charge in [0.25, 0.3) is 0 Å². The molecule has 1 aliphatic heterocycles. The summed E-state index contributed by atoms with van der Waals surface area (Å²) in [6.45, 7) is 5.84. The van der Waals surface area contributed by atoms with E-state index >= 15 is 0 Å². The molecule has 0 aromatic rings. The molecule has 0 aromatic heterocycles. The van der Waals surface area contributed by atoms with Gasteiger partial charge in [0.1, 0.15) is 0 Å². The van der Waals surface area contributed by atoms with Gasteiger partial charge in [-0.15, -0.1) is 0 Å². The molecule has 4 nitrogen and oxygen atoms in total. The molecule has 1 amide bonds. The summed E-state index contributed by atoms with van der Waals surface area (Å²) in [5, 5.41) is 6.76. The first-order chi connectivity index (χ1) is 9.78. The van der Waals surface area contributed by atoms with Crippen LogP contribution in [0.3, 0.4) is 0 Å². The van der Waals surface area contributed by atoms with Crippen LogP contribution in [0.25, 0.3) is 0 Å². The highest BCUT2D eigenvalue weighted by molar-refractivity contribution is 5.78. The highest BCUT2D eigenvalue weighted by Gasteiger charge is 2.22. The Hall–Kier alpha value is -0.610. The summed E-state index contributed by atoms with van der Waals surface area (Å²) < 4.78 is 0. The number of nitrogens with one attached hydrogen (secondary N) is 2. The summed E-state index contributed by atoms with van der Waals surface area (Å²) in [4.78, 5) is 14.5. The highest BCUT2D eigenvalue weighted by Crippen LogP contribution is 2.17. The number of hydrogen-bond acceptors (Lipinski definition) is 3. The van der Waals surface area contributed by atoms with Gasteiger partial charge in [-0.2, -0.15) is 0 Å². The van der Waals surface area contributed by atoms with Gasteiger partial charge in [-0.25, -0.2) is 0 Å². The Morgan fingerprint density at radius 2 is 1.75 bits per heavy atom. The third kappa shape index (κ3) is 5.41. The molecule has 4 heteroatoms. The highest BCUT2D eigenvalue weighted by atomic mass is 16.2. The third-order valence-electron chi connectivity index (χ3n) is 4.59. The van der Waals surface area contributed by atoms with Crippen LogP contribution >= 0.6 is 0 Å². The van der Waals surface area contributed by atoms with E-state index in [4.69, 9.17) is 0 Å². The Labute approximate surface area is 123 Å². The normalized spacial score (nSPS) is 26.1. The van der Waals surface area contributed by atoms with Crippen molar-refractivity contribution in [3.63, 3.8) is 0 Å². The van der Waals surface area contributed by atoms with Crippen LogP contribution in [0.5, 0.6) is 0 Å². The zero-order chi connectivity index (χ0) is 14.2. The molecular formula is C16H31N3O. The molecule has 116 valence electrons. The van der Waals surface area contributed by atoms with E-state index in [0.717, 1.165) is 19.6 Å².